The third-order valence-corrected chi connectivity index (χ3v) is 5.25. The topological polar surface area (TPSA) is 61.4 Å². The molecule has 0 spiro atoms. The molecule has 2 aromatic rings. The van der Waals surface area contributed by atoms with Crippen molar-refractivity contribution >= 4 is 17.6 Å². The van der Waals surface area contributed by atoms with Crippen molar-refractivity contribution in [3.05, 3.63) is 65.7 Å². The standard InChI is InChI=1S/C22H24F3N3O2/c1-15(17-6-5-7-18(14-17)22(23,24)25)26-20(29)16-10-12-28(13-11-16)21(30)27-19-8-3-2-4-9-19/h2-9,14-16H,10-13H2,1H3,(H,26,29)(H,27,30)/t15-/m0/s1. The molecule has 8 heteroatoms. The molecule has 2 N–H and O–H groups in total. The summed E-state index contributed by atoms with van der Waals surface area (Å²) in [6.45, 7) is 2.54. The minimum atomic E-state index is -4.42. The molecule has 0 aromatic heterocycles. The maximum Gasteiger partial charge on any atom is 0.416 e. The van der Waals surface area contributed by atoms with Gasteiger partial charge in [-0.1, -0.05) is 30.3 Å². The van der Waals surface area contributed by atoms with Crippen molar-refractivity contribution < 1.29 is 22.8 Å². The molecule has 30 heavy (non-hydrogen) atoms. The molecule has 1 aliphatic heterocycles. The number of hydrogen-bond donors (Lipinski definition) is 2. The van der Waals surface area contributed by atoms with Gasteiger partial charge in [-0.15, -0.1) is 0 Å². The van der Waals surface area contributed by atoms with Crippen molar-refractivity contribution in [1.29, 1.82) is 0 Å². The van der Waals surface area contributed by atoms with Crippen LogP contribution in [0.4, 0.5) is 23.7 Å². The average Bonchev–Trinajstić information content (AvgIpc) is 2.74. The number of likely N-dealkylation sites (tertiary alicyclic amines) is 1. The summed E-state index contributed by atoms with van der Waals surface area (Å²) in [4.78, 5) is 26.6. The van der Waals surface area contributed by atoms with Gasteiger partial charge in [0.05, 0.1) is 11.6 Å². The monoisotopic (exact) mass is 419 g/mol. The highest BCUT2D eigenvalue weighted by atomic mass is 19.4. The molecule has 0 bridgehead atoms. The minimum absolute atomic E-state index is 0.206. The van der Waals surface area contributed by atoms with Crippen molar-refractivity contribution in [2.45, 2.75) is 32.0 Å². The van der Waals surface area contributed by atoms with Crippen LogP contribution in [-0.2, 0) is 11.0 Å². The lowest BCUT2D eigenvalue weighted by molar-refractivity contribution is -0.137. The highest BCUT2D eigenvalue weighted by Gasteiger charge is 2.31. The van der Waals surface area contributed by atoms with Gasteiger partial charge in [-0.3, -0.25) is 4.79 Å². The first kappa shape index (κ1) is 21.7. The molecular formula is C22H24F3N3O2. The van der Waals surface area contributed by atoms with E-state index in [1.54, 1.807) is 30.0 Å². The number of carbonyl (C=O) groups excluding carboxylic acids is 2. The summed E-state index contributed by atoms with van der Waals surface area (Å²) in [5, 5.41) is 5.62. The molecule has 1 heterocycles. The van der Waals surface area contributed by atoms with E-state index in [0.717, 1.165) is 12.1 Å². The summed E-state index contributed by atoms with van der Waals surface area (Å²) >= 11 is 0. The summed E-state index contributed by atoms with van der Waals surface area (Å²) < 4.78 is 38.7. The number of urea groups is 1. The molecule has 160 valence electrons. The largest absolute Gasteiger partial charge is 0.416 e. The molecule has 1 aliphatic rings. The quantitative estimate of drug-likeness (QED) is 0.746. The van der Waals surface area contributed by atoms with E-state index in [4.69, 9.17) is 0 Å². The predicted molar refractivity (Wildman–Crippen MR) is 108 cm³/mol. The Kier molecular flexibility index (Phi) is 6.64. The van der Waals surface area contributed by atoms with Crippen LogP contribution in [0.3, 0.4) is 0 Å². The summed E-state index contributed by atoms with van der Waals surface area (Å²) in [6.07, 6.45) is -3.42. The summed E-state index contributed by atoms with van der Waals surface area (Å²) in [7, 11) is 0. The van der Waals surface area contributed by atoms with Gasteiger partial charge in [0.1, 0.15) is 0 Å². The molecule has 1 saturated heterocycles. The third-order valence-electron chi connectivity index (χ3n) is 5.25. The van der Waals surface area contributed by atoms with Gasteiger partial charge in [-0.25, -0.2) is 4.79 Å². The number of nitrogens with zero attached hydrogens (tertiary/aromatic N) is 1. The smallest absolute Gasteiger partial charge is 0.349 e. The Hall–Kier alpha value is -3.03. The van der Waals surface area contributed by atoms with Crippen molar-refractivity contribution in [3.63, 3.8) is 0 Å². The molecule has 0 aliphatic carbocycles. The zero-order valence-electron chi connectivity index (χ0n) is 16.6. The Balaban J connectivity index is 1.51. The Bertz CT molecular complexity index is 879. The van der Waals surface area contributed by atoms with Gasteiger partial charge >= 0.3 is 12.2 Å². The molecular weight excluding hydrogens is 395 g/mol. The molecule has 2 aromatic carbocycles. The van der Waals surface area contributed by atoms with E-state index in [2.05, 4.69) is 10.6 Å². The van der Waals surface area contributed by atoms with Gasteiger partial charge in [0, 0.05) is 24.7 Å². The number of amides is 3. The number of anilines is 1. The number of rotatable bonds is 4. The average molecular weight is 419 g/mol. The van der Waals surface area contributed by atoms with Crippen molar-refractivity contribution in [2.24, 2.45) is 5.92 Å². The van der Waals surface area contributed by atoms with Gasteiger partial charge in [-0.05, 0) is 49.6 Å². The van der Waals surface area contributed by atoms with E-state index in [1.165, 1.54) is 6.07 Å². The van der Waals surface area contributed by atoms with Crippen LogP contribution in [-0.4, -0.2) is 29.9 Å². The number of benzene rings is 2. The summed E-state index contributed by atoms with van der Waals surface area (Å²) in [5.74, 6) is -0.484. The van der Waals surface area contributed by atoms with Crippen molar-refractivity contribution in [3.8, 4) is 0 Å². The minimum Gasteiger partial charge on any atom is -0.349 e. The molecule has 3 rings (SSSR count). The van der Waals surface area contributed by atoms with Crippen LogP contribution in [0, 0.1) is 5.92 Å². The van der Waals surface area contributed by atoms with E-state index in [0.29, 0.717) is 37.2 Å². The van der Waals surface area contributed by atoms with E-state index in [1.807, 2.05) is 18.2 Å². The second-order valence-corrected chi connectivity index (χ2v) is 7.41. The van der Waals surface area contributed by atoms with Crippen molar-refractivity contribution in [2.75, 3.05) is 18.4 Å². The molecule has 3 amide bonds. The lowest BCUT2D eigenvalue weighted by Gasteiger charge is -2.32. The van der Waals surface area contributed by atoms with E-state index < -0.39 is 17.8 Å². The first-order valence-corrected chi connectivity index (χ1v) is 9.82. The number of para-hydroxylation sites is 1. The van der Waals surface area contributed by atoms with Crippen LogP contribution in [0.15, 0.2) is 54.6 Å². The molecule has 0 saturated carbocycles. The second kappa shape index (κ2) is 9.19. The number of halogens is 3. The predicted octanol–water partition coefficient (Wildman–Crippen LogP) is 4.83. The summed E-state index contributed by atoms with van der Waals surface area (Å²) in [6, 6.07) is 13.3. The van der Waals surface area contributed by atoms with Gasteiger partial charge in [0.25, 0.3) is 0 Å². The lowest BCUT2D eigenvalue weighted by Crippen LogP contribution is -2.44. The van der Waals surface area contributed by atoms with Gasteiger partial charge < -0.3 is 15.5 Å². The molecule has 1 fully saturated rings. The molecule has 0 radical (unpaired) electrons. The molecule has 5 nitrogen and oxygen atoms in total. The highest BCUT2D eigenvalue weighted by molar-refractivity contribution is 5.89. The Morgan fingerprint density at radius 3 is 2.33 bits per heavy atom. The molecule has 1 atom stereocenters. The van der Waals surface area contributed by atoms with E-state index in [9.17, 15) is 22.8 Å². The van der Waals surface area contributed by atoms with E-state index in [-0.39, 0.29) is 17.9 Å². The van der Waals surface area contributed by atoms with Crippen LogP contribution in [0.5, 0.6) is 0 Å². The van der Waals surface area contributed by atoms with Crippen LogP contribution in [0.1, 0.15) is 36.9 Å². The normalized spacial score (nSPS) is 16.1. The second-order valence-electron chi connectivity index (χ2n) is 7.41. The number of carbonyl (C=O) groups is 2. The van der Waals surface area contributed by atoms with Gasteiger partial charge in [-0.2, -0.15) is 13.2 Å². The summed E-state index contributed by atoms with van der Waals surface area (Å²) in [5.41, 5.74) is 0.369. The SMILES string of the molecule is C[C@H](NC(=O)C1CCN(C(=O)Nc2ccccc2)CC1)c1cccc(C(F)(F)F)c1. The van der Waals surface area contributed by atoms with Crippen LogP contribution < -0.4 is 10.6 Å². The maximum absolute atomic E-state index is 12.9. The third kappa shape index (κ3) is 5.52. The van der Waals surface area contributed by atoms with Crippen molar-refractivity contribution in [1.82, 2.24) is 10.2 Å². The first-order valence-electron chi connectivity index (χ1n) is 9.82. The number of nitrogens with one attached hydrogen (secondary N) is 2. The zero-order valence-corrected chi connectivity index (χ0v) is 16.6. The number of hydrogen-bond acceptors (Lipinski definition) is 2. The molecule has 0 unspecified atom stereocenters. The number of alkyl halides is 3. The fourth-order valence-corrected chi connectivity index (χ4v) is 3.47. The Morgan fingerprint density at radius 2 is 1.70 bits per heavy atom. The van der Waals surface area contributed by atoms with E-state index >= 15 is 0 Å². The Labute approximate surface area is 173 Å². The fourth-order valence-electron chi connectivity index (χ4n) is 3.47. The number of piperidine rings is 1. The zero-order chi connectivity index (χ0) is 21.7. The van der Waals surface area contributed by atoms with Crippen LogP contribution >= 0.6 is 0 Å². The van der Waals surface area contributed by atoms with Gasteiger partial charge in [0.15, 0.2) is 0 Å². The van der Waals surface area contributed by atoms with Gasteiger partial charge in [0.2, 0.25) is 5.91 Å². The highest BCUT2D eigenvalue weighted by Crippen LogP contribution is 2.31. The van der Waals surface area contributed by atoms with Crippen LogP contribution in [0.2, 0.25) is 0 Å². The lowest BCUT2D eigenvalue weighted by atomic mass is 9.95. The fraction of sp³-hybridized carbons (Fsp3) is 0.364. The first-order chi connectivity index (χ1) is 14.2. The van der Waals surface area contributed by atoms with Crippen LogP contribution in [0.25, 0.3) is 0 Å². The Morgan fingerprint density at radius 1 is 1.03 bits per heavy atom. The maximum atomic E-state index is 12.9.